The van der Waals surface area contributed by atoms with Crippen LogP contribution in [0.4, 0.5) is 0 Å². The van der Waals surface area contributed by atoms with Crippen LogP contribution in [0.3, 0.4) is 0 Å². The van der Waals surface area contributed by atoms with E-state index in [0.717, 1.165) is 16.9 Å². The number of halogens is 3. The zero-order valence-electron chi connectivity index (χ0n) is 9.05. The summed E-state index contributed by atoms with van der Waals surface area (Å²) in [7, 11) is 0. The molecule has 0 saturated carbocycles. The van der Waals surface area contributed by atoms with Gasteiger partial charge in [0.2, 0.25) is 0 Å². The molecule has 0 unspecified atom stereocenters. The molecule has 0 saturated heterocycles. The van der Waals surface area contributed by atoms with Crippen LogP contribution in [0.25, 0.3) is 22.4 Å². The molecule has 0 aliphatic carbocycles. The third-order valence-electron chi connectivity index (χ3n) is 2.66. The SMILES string of the molecule is Clc1ccc(-c2nc3c(Cl)ccc(Cl)c3[nH]2)cc1. The molecular formula is C13H7Cl3N2. The molecule has 1 heterocycles. The second kappa shape index (κ2) is 4.47. The molecule has 3 rings (SSSR count). The van der Waals surface area contributed by atoms with Gasteiger partial charge >= 0.3 is 0 Å². The Morgan fingerprint density at radius 2 is 1.50 bits per heavy atom. The number of hydrogen-bond donors (Lipinski definition) is 1. The topological polar surface area (TPSA) is 28.7 Å². The third kappa shape index (κ3) is 1.97. The van der Waals surface area contributed by atoms with Gasteiger partial charge in [-0.3, -0.25) is 0 Å². The van der Waals surface area contributed by atoms with Gasteiger partial charge < -0.3 is 4.98 Å². The number of nitrogens with one attached hydrogen (secondary N) is 1. The normalized spacial score (nSPS) is 11.1. The van der Waals surface area contributed by atoms with Crippen molar-refractivity contribution in [1.82, 2.24) is 9.97 Å². The summed E-state index contributed by atoms with van der Waals surface area (Å²) in [5.74, 6) is 0.719. The number of imidazole rings is 1. The molecule has 90 valence electrons. The number of nitrogens with zero attached hydrogens (tertiary/aromatic N) is 1. The maximum Gasteiger partial charge on any atom is 0.138 e. The van der Waals surface area contributed by atoms with E-state index >= 15 is 0 Å². The number of H-pyrrole nitrogens is 1. The summed E-state index contributed by atoms with van der Waals surface area (Å²) in [6, 6.07) is 10.9. The number of rotatable bonds is 1. The Balaban J connectivity index is 2.22. The second-order valence-corrected chi connectivity index (χ2v) is 5.10. The van der Waals surface area contributed by atoms with Crippen LogP contribution < -0.4 is 0 Å². The van der Waals surface area contributed by atoms with Gasteiger partial charge in [-0.15, -0.1) is 0 Å². The Morgan fingerprint density at radius 3 is 2.17 bits per heavy atom. The van der Waals surface area contributed by atoms with Gasteiger partial charge in [0.1, 0.15) is 11.3 Å². The van der Waals surface area contributed by atoms with Gasteiger partial charge in [-0.1, -0.05) is 34.8 Å². The van der Waals surface area contributed by atoms with Gasteiger partial charge in [0.15, 0.2) is 0 Å². The van der Waals surface area contributed by atoms with Crippen LogP contribution in [0.5, 0.6) is 0 Å². The predicted octanol–water partition coefficient (Wildman–Crippen LogP) is 5.19. The van der Waals surface area contributed by atoms with Crippen molar-refractivity contribution in [3.05, 3.63) is 51.5 Å². The first-order chi connectivity index (χ1) is 8.65. The maximum atomic E-state index is 6.10. The molecule has 2 nitrogen and oxygen atoms in total. The Kier molecular flexibility index (Phi) is 2.94. The van der Waals surface area contributed by atoms with Crippen LogP contribution >= 0.6 is 34.8 Å². The van der Waals surface area contributed by atoms with E-state index in [2.05, 4.69) is 9.97 Å². The molecule has 1 aromatic heterocycles. The Labute approximate surface area is 119 Å². The first-order valence-electron chi connectivity index (χ1n) is 5.25. The third-order valence-corrected chi connectivity index (χ3v) is 3.53. The van der Waals surface area contributed by atoms with E-state index in [1.165, 1.54) is 0 Å². The molecular weight excluding hydrogens is 291 g/mol. The standard InChI is InChI=1S/C13H7Cl3N2/c14-8-3-1-7(2-4-8)13-17-11-9(15)5-6-10(16)12(11)18-13/h1-6H,(H,17,18). The van der Waals surface area contributed by atoms with Crippen LogP contribution in [0.15, 0.2) is 36.4 Å². The van der Waals surface area contributed by atoms with Crippen LogP contribution in [-0.4, -0.2) is 9.97 Å². The monoisotopic (exact) mass is 296 g/mol. The minimum absolute atomic E-state index is 0.575. The molecule has 5 heteroatoms. The van der Waals surface area contributed by atoms with Gasteiger partial charge in [0.25, 0.3) is 0 Å². The van der Waals surface area contributed by atoms with Crippen molar-refractivity contribution in [3.8, 4) is 11.4 Å². The lowest BCUT2D eigenvalue weighted by Gasteiger charge is -1.95. The van der Waals surface area contributed by atoms with Crippen molar-refractivity contribution in [3.63, 3.8) is 0 Å². The molecule has 18 heavy (non-hydrogen) atoms. The van der Waals surface area contributed by atoms with Gasteiger partial charge in [-0.05, 0) is 36.4 Å². The van der Waals surface area contributed by atoms with Crippen LogP contribution in [0.1, 0.15) is 0 Å². The zero-order chi connectivity index (χ0) is 12.7. The van der Waals surface area contributed by atoms with Crippen molar-refractivity contribution in [1.29, 1.82) is 0 Å². The molecule has 0 fully saturated rings. The summed E-state index contributed by atoms with van der Waals surface area (Å²) in [5.41, 5.74) is 2.35. The van der Waals surface area contributed by atoms with E-state index < -0.39 is 0 Å². The highest BCUT2D eigenvalue weighted by atomic mass is 35.5. The fourth-order valence-electron chi connectivity index (χ4n) is 1.77. The Hall–Kier alpha value is -1.22. The summed E-state index contributed by atoms with van der Waals surface area (Å²) in [6.45, 7) is 0. The molecule has 0 radical (unpaired) electrons. The minimum atomic E-state index is 0.575. The van der Waals surface area contributed by atoms with Crippen molar-refractivity contribution in [2.45, 2.75) is 0 Å². The summed E-state index contributed by atoms with van der Waals surface area (Å²) >= 11 is 18.1. The number of fused-ring (bicyclic) bond motifs is 1. The van der Waals surface area contributed by atoms with Crippen molar-refractivity contribution in [2.24, 2.45) is 0 Å². The molecule has 3 aromatic rings. The molecule has 0 bridgehead atoms. The van der Waals surface area contributed by atoms with Crippen LogP contribution in [-0.2, 0) is 0 Å². The van der Waals surface area contributed by atoms with E-state index in [0.29, 0.717) is 20.6 Å². The van der Waals surface area contributed by atoms with Crippen LogP contribution in [0.2, 0.25) is 15.1 Å². The highest BCUT2D eigenvalue weighted by Gasteiger charge is 2.10. The van der Waals surface area contributed by atoms with Crippen molar-refractivity contribution >= 4 is 45.8 Å². The minimum Gasteiger partial charge on any atom is -0.337 e. The number of hydrogen-bond acceptors (Lipinski definition) is 1. The molecule has 2 aromatic carbocycles. The quantitative estimate of drug-likeness (QED) is 0.658. The average molecular weight is 298 g/mol. The van der Waals surface area contributed by atoms with Crippen molar-refractivity contribution in [2.75, 3.05) is 0 Å². The lowest BCUT2D eigenvalue weighted by atomic mass is 10.2. The van der Waals surface area contributed by atoms with E-state index in [1.54, 1.807) is 12.1 Å². The first kappa shape index (κ1) is 11.8. The molecule has 0 spiro atoms. The number of aromatic amines is 1. The lowest BCUT2D eigenvalue weighted by Crippen LogP contribution is -1.78. The molecule has 0 aliphatic heterocycles. The number of aromatic nitrogens is 2. The molecule has 1 N–H and O–H groups in total. The predicted molar refractivity (Wildman–Crippen MR) is 76.6 cm³/mol. The van der Waals surface area contributed by atoms with Crippen LogP contribution in [0, 0.1) is 0 Å². The summed E-state index contributed by atoms with van der Waals surface area (Å²) < 4.78 is 0. The van der Waals surface area contributed by atoms with Crippen molar-refractivity contribution < 1.29 is 0 Å². The Bertz CT molecular complexity index is 678. The lowest BCUT2D eigenvalue weighted by molar-refractivity contribution is 1.34. The number of benzene rings is 2. The highest BCUT2D eigenvalue weighted by Crippen LogP contribution is 2.30. The second-order valence-electron chi connectivity index (χ2n) is 3.85. The molecule has 0 aliphatic rings. The van der Waals surface area contributed by atoms with E-state index in [-0.39, 0.29) is 0 Å². The van der Waals surface area contributed by atoms with Gasteiger partial charge in [-0.2, -0.15) is 0 Å². The van der Waals surface area contributed by atoms with E-state index in [9.17, 15) is 0 Å². The first-order valence-corrected chi connectivity index (χ1v) is 6.38. The van der Waals surface area contributed by atoms with Gasteiger partial charge in [0, 0.05) is 10.6 Å². The van der Waals surface area contributed by atoms with Gasteiger partial charge in [0.05, 0.1) is 15.6 Å². The zero-order valence-corrected chi connectivity index (χ0v) is 11.3. The highest BCUT2D eigenvalue weighted by molar-refractivity contribution is 6.39. The van der Waals surface area contributed by atoms with E-state index in [1.807, 2.05) is 24.3 Å². The average Bonchev–Trinajstić information content (AvgIpc) is 2.81. The van der Waals surface area contributed by atoms with E-state index in [4.69, 9.17) is 34.8 Å². The molecule has 0 atom stereocenters. The summed E-state index contributed by atoms with van der Waals surface area (Å²) in [4.78, 5) is 7.63. The van der Waals surface area contributed by atoms with Gasteiger partial charge in [-0.25, -0.2) is 4.98 Å². The molecule has 0 amide bonds. The summed E-state index contributed by atoms with van der Waals surface area (Å²) in [6.07, 6.45) is 0. The fourth-order valence-corrected chi connectivity index (χ4v) is 2.30. The Morgan fingerprint density at radius 1 is 0.833 bits per heavy atom. The smallest absolute Gasteiger partial charge is 0.138 e. The summed E-state index contributed by atoms with van der Waals surface area (Å²) in [5, 5.41) is 1.86. The fraction of sp³-hybridized carbons (Fsp3) is 0. The largest absolute Gasteiger partial charge is 0.337 e. The maximum absolute atomic E-state index is 6.10.